The van der Waals surface area contributed by atoms with Crippen molar-refractivity contribution >= 4 is 16.9 Å². The van der Waals surface area contributed by atoms with Crippen molar-refractivity contribution in [3.63, 3.8) is 0 Å². The predicted molar refractivity (Wildman–Crippen MR) is 79.9 cm³/mol. The Labute approximate surface area is 121 Å². The first-order valence-corrected chi connectivity index (χ1v) is 6.84. The summed E-state index contributed by atoms with van der Waals surface area (Å²) in [6, 6.07) is 6.49. The molecule has 2 heterocycles. The lowest BCUT2D eigenvalue weighted by Gasteiger charge is -2.09. The van der Waals surface area contributed by atoms with Crippen LogP contribution in [0.3, 0.4) is 0 Å². The lowest BCUT2D eigenvalue weighted by atomic mass is 10.2. The molecule has 108 valence electrons. The largest absolute Gasteiger partial charge is 0.369 e. The van der Waals surface area contributed by atoms with Gasteiger partial charge >= 0.3 is 0 Å². The molecule has 0 bridgehead atoms. The molecular weight excluding hydrogens is 269 g/mol. The molecule has 5 nitrogen and oxygen atoms in total. The Morgan fingerprint density at radius 3 is 2.81 bits per heavy atom. The van der Waals surface area contributed by atoms with Gasteiger partial charge in [0, 0.05) is 6.54 Å². The van der Waals surface area contributed by atoms with Crippen LogP contribution in [0, 0.1) is 11.7 Å². The van der Waals surface area contributed by atoms with Crippen LogP contribution in [-0.2, 0) is 0 Å². The van der Waals surface area contributed by atoms with Gasteiger partial charge in [-0.05, 0) is 18.1 Å². The van der Waals surface area contributed by atoms with E-state index in [-0.39, 0.29) is 5.82 Å². The minimum atomic E-state index is -0.335. The SMILES string of the molecule is CC(C)CNc1ncnc2c1cnn2-c1ccccc1F. The fourth-order valence-electron chi connectivity index (χ4n) is 2.09. The first-order valence-electron chi connectivity index (χ1n) is 6.84. The zero-order valence-electron chi connectivity index (χ0n) is 11.9. The van der Waals surface area contributed by atoms with Crippen molar-refractivity contribution in [2.45, 2.75) is 13.8 Å². The van der Waals surface area contributed by atoms with Crippen LogP contribution in [-0.4, -0.2) is 26.3 Å². The van der Waals surface area contributed by atoms with Crippen LogP contribution in [0.5, 0.6) is 0 Å². The van der Waals surface area contributed by atoms with Crippen LogP contribution in [0.25, 0.3) is 16.7 Å². The molecule has 0 atom stereocenters. The first-order chi connectivity index (χ1) is 10.2. The molecule has 2 aromatic heterocycles. The lowest BCUT2D eigenvalue weighted by molar-refractivity contribution is 0.612. The van der Waals surface area contributed by atoms with E-state index in [1.807, 2.05) is 0 Å². The fraction of sp³-hybridized carbons (Fsp3) is 0.267. The van der Waals surface area contributed by atoms with E-state index in [0.29, 0.717) is 17.3 Å². The molecule has 1 N–H and O–H groups in total. The number of benzene rings is 1. The molecular formula is C15H16FN5. The number of nitrogens with zero attached hydrogens (tertiary/aromatic N) is 4. The standard InChI is InChI=1S/C15H16FN5/c1-10(2)7-17-14-11-8-20-21(15(11)19-9-18-14)13-6-4-3-5-12(13)16/h3-6,8-10H,7H2,1-2H3,(H,17,18,19). The van der Waals surface area contributed by atoms with Crippen molar-refractivity contribution in [2.75, 3.05) is 11.9 Å². The van der Waals surface area contributed by atoms with Crippen molar-refractivity contribution in [1.82, 2.24) is 19.7 Å². The van der Waals surface area contributed by atoms with Crippen molar-refractivity contribution in [2.24, 2.45) is 5.92 Å². The molecule has 1 aromatic carbocycles. The van der Waals surface area contributed by atoms with Gasteiger partial charge in [0.05, 0.1) is 11.6 Å². The van der Waals surface area contributed by atoms with E-state index in [1.54, 1.807) is 24.4 Å². The van der Waals surface area contributed by atoms with E-state index in [4.69, 9.17) is 0 Å². The highest BCUT2D eigenvalue weighted by molar-refractivity contribution is 5.87. The third-order valence-corrected chi connectivity index (χ3v) is 3.12. The van der Waals surface area contributed by atoms with Gasteiger partial charge in [-0.3, -0.25) is 0 Å². The molecule has 0 aliphatic rings. The van der Waals surface area contributed by atoms with Crippen LogP contribution in [0.4, 0.5) is 10.2 Å². The van der Waals surface area contributed by atoms with Gasteiger partial charge in [-0.15, -0.1) is 0 Å². The van der Waals surface area contributed by atoms with Gasteiger partial charge in [-0.1, -0.05) is 26.0 Å². The summed E-state index contributed by atoms with van der Waals surface area (Å²) in [5.41, 5.74) is 0.961. The Balaban J connectivity index is 2.07. The minimum absolute atomic E-state index is 0.335. The Bertz CT molecular complexity index is 766. The summed E-state index contributed by atoms with van der Waals surface area (Å²) in [5.74, 6) is 0.880. The van der Waals surface area contributed by atoms with Crippen LogP contribution in [0.1, 0.15) is 13.8 Å². The van der Waals surface area contributed by atoms with E-state index < -0.39 is 0 Å². The van der Waals surface area contributed by atoms with Gasteiger partial charge in [-0.2, -0.15) is 5.10 Å². The summed E-state index contributed by atoms with van der Waals surface area (Å²) in [5, 5.41) is 8.30. The molecule has 0 fully saturated rings. The number of hydrogen-bond donors (Lipinski definition) is 1. The maximum atomic E-state index is 13.9. The first kappa shape index (κ1) is 13.5. The number of hydrogen-bond acceptors (Lipinski definition) is 4. The Kier molecular flexibility index (Phi) is 3.51. The second-order valence-corrected chi connectivity index (χ2v) is 5.24. The highest BCUT2D eigenvalue weighted by Gasteiger charge is 2.13. The predicted octanol–water partition coefficient (Wildman–Crippen LogP) is 3.02. The molecule has 0 spiro atoms. The Morgan fingerprint density at radius 1 is 1.24 bits per heavy atom. The van der Waals surface area contributed by atoms with Crippen LogP contribution < -0.4 is 5.32 Å². The molecule has 0 aliphatic carbocycles. The Morgan fingerprint density at radius 2 is 2.05 bits per heavy atom. The van der Waals surface area contributed by atoms with E-state index in [2.05, 4.69) is 34.2 Å². The summed E-state index contributed by atoms with van der Waals surface area (Å²) < 4.78 is 15.4. The monoisotopic (exact) mass is 285 g/mol. The summed E-state index contributed by atoms with van der Waals surface area (Å²) in [6.45, 7) is 5.04. The minimum Gasteiger partial charge on any atom is -0.369 e. The number of halogens is 1. The normalized spacial score (nSPS) is 11.2. The van der Waals surface area contributed by atoms with E-state index in [9.17, 15) is 4.39 Å². The maximum absolute atomic E-state index is 13.9. The van der Waals surface area contributed by atoms with E-state index in [0.717, 1.165) is 17.7 Å². The molecule has 0 aliphatic heterocycles. The van der Waals surface area contributed by atoms with Gasteiger partial charge in [0.15, 0.2) is 5.65 Å². The third-order valence-electron chi connectivity index (χ3n) is 3.12. The smallest absolute Gasteiger partial charge is 0.168 e. The molecule has 0 saturated heterocycles. The van der Waals surface area contributed by atoms with E-state index in [1.165, 1.54) is 17.1 Å². The van der Waals surface area contributed by atoms with Crippen LogP contribution >= 0.6 is 0 Å². The zero-order valence-corrected chi connectivity index (χ0v) is 11.9. The van der Waals surface area contributed by atoms with E-state index >= 15 is 0 Å². The summed E-state index contributed by atoms with van der Waals surface area (Å²) >= 11 is 0. The van der Waals surface area contributed by atoms with Gasteiger partial charge in [0.2, 0.25) is 0 Å². The van der Waals surface area contributed by atoms with Crippen molar-refractivity contribution in [1.29, 1.82) is 0 Å². The molecule has 0 radical (unpaired) electrons. The van der Waals surface area contributed by atoms with Gasteiger partial charge in [0.25, 0.3) is 0 Å². The Hall–Kier alpha value is -2.50. The number of aromatic nitrogens is 4. The molecule has 21 heavy (non-hydrogen) atoms. The molecule has 6 heteroatoms. The summed E-state index contributed by atoms with van der Waals surface area (Å²) in [6.07, 6.45) is 3.12. The van der Waals surface area contributed by atoms with Gasteiger partial charge in [-0.25, -0.2) is 19.0 Å². The molecule has 3 aromatic rings. The molecule has 3 rings (SSSR count). The topological polar surface area (TPSA) is 55.6 Å². The fourth-order valence-corrected chi connectivity index (χ4v) is 2.09. The van der Waals surface area contributed by atoms with Crippen molar-refractivity contribution in [3.05, 3.63) is 42.6 Å². The summed E-state index contributed by atoms with van der Waals surface area (Å²) in [7, 11) is 0. The zero-order chi connectivity index (χ0) is 14.8. The van der Waals surface area contributed by atoms with Gasteiger partial charge < -0.3 is 5.32 Å². The second-order valence-electron chi connectivity index (χ2n) is 5.24. The average Bonchev–Trinajstić information content (AvgIpc) is 2.90. The van der Waals surface area contributed by atoms with Crippen LogP contribution in [0.2, 0.25) is 0 Å². The quantitative estimate of drug-likeness (QED) is 0.800. The second kappa shape index (κ2) is 5.47. The number of nitrogens with one attached hydrogen (secondary N) is 1. The van der Waals surface area contributed by atoms with Crippen molar-refractivity contribution < 1.29 is 4.39 Å². The number of para-hydroxylation sites is 1. The van der Waals surface area contributed by atoms with Crippen molar-refractivity contribution in [3.8, 4) is 5.69 Å². The number of fused-ring (bicyclic) bond motifs is 1. The summed E-state index contributed by atoms with van der Waals surface area (Å²) in [4.78, 5) is 8.47. The average molecular weight is 285 g/mol. The molecule has 0 unspecified atom stereocenters. The van der Waals surface area contributed by atoms with Gasteiger partial charge in [0.1, 0.15) is 23.6 Å². The molecule has 0 saturated carbocycles. The maximum Gasteiger partial charge on any atom is 0.168 e. The third kappa shape index (κ3) is 2.56. The number of rotatable bonds is 4. The number of anilines is 1. The highest BCUT2D eigenvalue weighted by Crippen LogP contribution is 2.22. The lowest BCUT2D eigenvalue weighted by Crippen LogP contribution is -2.09. The molecule has 0 amide bonds. The van der Waals surface area contributed by atoms with Crippen LogP contribution in [0.15, 0.2) is 36.8 Å². The highest BCUT2D eigenvalue weighted by atomic mass is 19.1.